The monoisotopic (exact) mass is 249 g/mol. The highest BCUT2D eigenvalue weighted by atomic mass is 16.4. The predicted octanol–water partition coefficient (Wildman–Crippen LogP) is 0.860. The van der Waals surface area contributed by atoms with Gasteiger partial charge in [0, 0.05) is 5.56 Å². The maximum Gasteiger partial charge on any atom is 0.352 e. The van der Waals surface area contributed by atoms with Crippen LogP contribution in [0.2, 0.25) is 0 Å². The van der Waals surface area contributed by atoms with Crippen LogP contribution < -0.4 is 5.32 Å². The molecule has 0 unspecified atom stereocenters. The first kappa shape index (κ1) is 13.4. The Morgan fingerprint density at radius 2 is 1.72 bits per heavy atom. The largest absolute Gasteiger partial charge is 0.481 e. The van der Waals surface area contributed by atoms with E-state index in [-0.39, 0.29) is 0 Å². The molecule has 1 aromatic rings. The van der Waals surface area contributed by atoms with Crippen LogP contribution in [-0.4, -0.2) is 28.1 Å². The van der Waals surface area contributed by atoms with Crippen LogP contribution in [0.15, 0.2) is 42.1 Å². The molecule has 0 aromatic heterocycles. The fourth-order valence-corrected chi connectivity index (χ4v) is 1.17. The Hall–Kier alpha value is -2.63. The molecule has 1 amide bonds. The Kier molecular flexibility index (Phi) is 4.62. The molecule has 18 heavy (non-hydrogen) atoms. The van der Waals surface area contributed by atoms with Gasteiger partial charge < -0.3 is 15.5 Å². The number of carbonyl (C=O) groups is 3. The molecule has 6 heteroatoms. The summed E-state index contributed by atoms with van der Waals surface area (Å²) in [7, 11) is 0. The van der Waals surface area contributed by atoms with E-state index in [2.05, 4.69) is 5.32 Å². The number of nitrogens with one attached hydrogen (secondary N) is 1. The second-order valence-corrected chi connectivity index (χ2v) is 3.34. The van der Waals surface area contributed by atoms with Gasteiger partial charge in [0.15, 0.2) is 0 Å². The minimum absolute atomic E-state index is 0.292. The molecule has 0 radical (unpaired) electrons. The van der Waals surface area contributed by atoms with Crippen LogP contribution in [0.1, 0.15) is 16.8 Å². The Bertz CT molecular complexity index is 492. The first-order valence-corrected chi connectivity index (χ1v) is 5.02. The standard InChI is InChI=1S/C12H11NO5/c14-10(15)7-6-9(12(17)18)13-11(16)8-4-2-1-3-5-8/h1-6H,7H2,(H,13,16)(H,14,15)(H,17,18)/b9-6-. The van der Waals surface area contributed by atoms with Crippen molar-refractivity contribution >= 4 is 17.8 Å². The van der Waals surface area contributed by atoms with E-state index in [0.29, 0.717) is 5.56 Å². The van der Waals surface area contributed by atoms with Gasteiger partial charge >= 0.3 is 11.9 Å². The van der Waals surface area contributed by atoms with Gasteiger partial charge in [0.25, 0.3) is 5.91 Å². The molecular formula is C12H11NO5. The topological polar surface area (TPSA) is 104 Å². The maximum atomic E-state index is 11.6. The molecule has 0 fully saturated rings. The molecular weight excluding hydrogens is 238 g/mol. The smallest absolute Gasteiger partial charge is 0.352 e. The zero-order chi connectivity index (χ0) is 13.5. The molecule has 0 aliphatic rings. The SMILES string of the molecule is O=C(O)C/C=C(\NC(=O)c1ccccc1)C(=O)O. The lowest BCUT2D eigenvalue weighted by molar-refractivity contribution is -0.136. The molecule has 0 saturated heterocycles. The van der Waals surface area contributed by atoms with Crippen molar-refractivity contribution in [2.24, 2.45) is 0 Å². The van der Waals surface area contributed by atoms with Gasteiger partial charge in [0.1, 0.15) is 5.70 Å². The zero-order valence-corrected chi connectivity index (χ0v) is 9.29. The van der Waals surface area contributed by atoms with Crippen molar-refractivity contribution in [2.45, 2.75) is 6.42 Å². The lowest BCUT2D eigenvalue weighted by Gasteiger charge is -2.05. The van der Waals surface area contributed by atoms with E-state index >= 15 is 0 Å². The summed E-state index contributed by atoms with van der Waals surface area (Å²) in [5.41, 5.74) is -0.161. The molecule has 6 nitrogen and oxygen atoms in total. The molecule has 3 N–H and O–H groups in total. The average molecular weight is 249 g/mol. The fraction of sp³-hybridized carbons (Fsp3) is 0.0833. The number of aliphatic carboxylic acids is 2. The first-order valence-electron chi connectivity index (χ1n) is 5.02. The second kappa shape index (κ2) is 6.19. The molecule has 94 valence electrons. The Labute approximate surface area is 103 Å². The maximum absolute atomic E-state index is 11.6. The third kappa shape index (κ3) is 4.09. The van der Waals surface area contributed by atoms with Crippen LogP contribution in [-0.2, 0) is 9.59 Å². The molecule has 0 atom stereocenters. The minimum Gasteiger partial charge on any atom is -0.481 e. The van der Waals surface area contributed by atoms with Crippen molar-refractivity contribution in [2.75, 3.05) is 0 Å². The molecule has 1 rings (SSSR count). The summed E-state index contributed by atoms with van der Waals surface area (Å²) in [4.78, 5) is 32.8. The van der Waals surface area contributed by atoms with E-state index in [9.17, 15) is 14.4 Å². The highest BCUT2D eigenvalue weighted by Crippen LogP contribution is 2.01. The summed E-state index contributed by atoms with van der Waals surface area (Å²) in [5, 5.41) is 19.4. The van der Waals surface area contributed by atoms with E-state index in [4.69, 9.17) is 10.2 Å². The van der Waals surface area contributed by atoms with E-state index in [0.717, 1.165) is 6.08 Å². The lowest BCUT2D eigenvalue weighted by atomic mass is 10.2. The number of carbonyl (C=O) groups excluding carboxylic acids is 1. The number of benzene rings is 1. The Morgan fingerprint density at radius 3 is 2.22 bits per heavy atom. The number of rotatable bonds is 5. The van der Waals surface area contributed by atoms with E-state index in [1.54, 1.807) is 18.2 Å². The van der Waals surface area contributed by atoms with Gasteiger partial charge in [-0.2, -0.15) is 0 Å². The molecule has 0 spiro atoms. The Balaban J connectivity index is 2.79. The molecule has 0 aliphatic carbocycles. The third-order valence-electron chi connectivity index (χ3n) is 2.00. The summed E-state index contributed by atoms with van der Waals surface area (Å²) in [6.45, 7) is 0. The second-order valence-electron chi connectivity index (χ2n) is 3.34. The van der Waals surface area contributed by atoms with Gasteiger partial charge in [-0.25, -0.2) is 4.79 Å². The normalized spacial score (nSPS) is 10.8. The van der Waals surface area contributed by atoms with E-state index in [1.165, 1.54) is 12.1 Å². The van der Waals surface area contributed by atoms with Crippen molar-refractivity contribution in [1.29, 1.82) is 0 Å². The highest BCUT2D eigenvalue weighted by Gasteiger charge is 2.13. The van der Waals surface area contributed by atoms with Crippen LogP contribution in [0, 0.1) is 0 Å². The average Bonchev–Trinajstić information content (AvgIpc) is 2.34. The number of carboxylic acid groups (broad SMARTS) is 2. The molecule has 0 bridgehead atoms. The van der Waals surface area contributed by atoms with Gasteiger partial charge in [0.2, 0.25) is 0 Å². The lowest BCUT2D eigenvalue weighted by Crippen LogP contribution is -2.27. The number of amides is 1. The molecule has 0 heterocycles. The Morgan fingerprint density at radius 1 is 1.11 bits per heavy atom. The van der Waals surface area contributed by atoms with Crippen molar-refractivity contribution in [1.82, 2.24) is 5.32 Å². The first-order chi connectivity index (χ1) is 8.50. The summed E-state index contributed by atoms with van der Waals surface area (Å²) in [6, 6.07) is 8.03. The van der Waals surface area contributed by atoms with Gasteiger partial charge in [-0.05, 0) is 18.2 Å². The van der Waals surface area contributed by atoms with Gasteiger partial charge in [0.05, 0.1) is 6.42 Å². The van der Waals surface area contributed by atoms with E-state index in [1.807, 2.05) is 0 Å². The molecule has 0 saturated carbocycles. The van der Waals surface area contributed by atoms with Crippen LogP contribution >= 0.6 is 0 Å². The molecule has 1 aromatic carbocycles. The molecule has 0 aliphatic heterocycles. The van der Waals surface area contributed by atoms with E-state index < -0.39 is 30.0 Å². The van der Waals surface area contributed by atoms with Crippen LogP contribution in [0.4, 0.5) is 0 Å². The summed E-state index contributed by atoms with van der Waals surface area (Å²) < 4.78 is 0. The predicted molar refractivity (Wildman–Crippen MR) is 61.9 cm³/mol. The summed E-state index contributed by atoms with van der Waals surface area (Å²) >= 11 is 0. The summed E-state index contributed by atoms with van der Waals surface area (Å²) in [6.07, 6.45) is 0.461. The van der Waals surface area contributed by atoms with Crippen LogP contribution in [0.5, 0.6) is 0 Å². The van der Waals surface area contributed by atoms with Crippen LogP contribution in [0.25, 0.3) is 0 Å². The minimum atomic E-state index is -1.39. The van der Waals surface area contributed by atoms with Gasteiger partial charge in [-0.3, -0.25) is 9.59 Å². The fourth-order valence-electron chi connectivity index (χ4n) is 1.17. The quantitative estimate of drug-likeness (QED) is 0.671. The van der Waals surface area contributed by atoms with Crippen molar-refractivity contribution in [3.8, 4) is 0 Å². The van der Waals surface area contributed by atoms with Gasteiger partial charge in [-0.15, -0.1) is 0 Å². The number of hydrogen-bond donors (Lipinski definition) is 3. The van der Waals surface area contributed by atoms with Crippen molar-refractivity contribution in [3.63, 3.8) is 0 Å². The number of carboxylic acids is 2. The summed E-state index contributed by atoms with van der Waals surface area (Å²) in [5.74, 6) is -3.17. The van der Waals surface area contributed by atoms with Crippen LogP contribution in [0.3, 0.4) is 0 Å². The number of hydrogen-bond acceptors (Lipinski definition) is 3. The van der Waals surface area contributed by atoms with Gasteiger partial charge in [-0.1, -0.05) is 18.2 Å². The third-order valence-corrected chi connectivity index (χ3v) is 2.00. The highest BCUT2D eigenvalue weighted by molar-refractivity contribution is 6.00. The van der Waals surface area contributed by atoms with Crippen molar-refractivity contribution < 1.29 is 24.6 Å². The van der Waals surface area contributed by atoms with Crippen molar-refractivity contribution in [3.05, 3.63) is 47.7 Å². The zero-order valence-electron chi connectivity index (χ0n) is 9.29.